The van der Waals surface area contributed by atoms with Gasteiger partial charge in [-0.25, -0.2) is 4.90 Å². The quantitative estimate of drug-likeness (QED) is 0.614. The van der Waals surface area contributed by atoms with Crippen LogP contribution in [0.2, 0.25) is 0 Å². The van der Waals surface area contributed by atoms with E-state index >= 15 is 0 Å². The zero-order valence-electron chi connectivity index (χ0n) is 14.3. The normalized spacial score (nSPS) is 32.9. The number of amides is 2. The molecule has 1 aromatic carbocycles. The minimum absolute atomic E-state index is 0.0452. The fraction of sp³-hybridized carbons (Fsp3) is 0.429. The molecule has 128 valence electrons. The monoisotopic (exact) mass is 335 g/mol. The second-order valence-corrected chi connectivity index (χ2v) is 7.47. The zero-order valence-corrected chi connectivity index (χ0v) is 14.3. The first-order valence-electron chi connectivity index (χ1n) is 9.12. The molecule has 25 heavy (non-hydrogen) atoms. The summed E-state index contributed by atoms with van der Waals surface area (Å²) in [6, 6.07) is 7.22. The van der Waals surface area contributed by atoms with E-state index in [1.165, 1.54) is 28.9 Å². The molecule has 4 nitrogen and oxygen atoms in total. The molecule has 5 rings (SSSR count). The van der Waals surface area contributed by atoms with Crippen LogP contribution in [0, 0.1) is 23.7 Å². The van der Waals surface area contributed by atoms with E-state index in [0.717, 1.165) is 12.8 Å². The Bertz CT molecular complexity index is 795. The molecule has 4 unspecified atom stereocenters. The molecule has 1 saturated heterocycles. The lowest BCUT2D eigenvalue weighted by molar-refractivity contribution is -0.122. The van der Waals surface area contributed by atoms with Gasteiger partial charge >= 0.3 is 0 Å². The Kier molecular flexibility index (Phi) is 3.18. The summed E-state index contributed by atoms with van der Waals surface area (Å²) < 4.78 is 5.25. The van der Waals surface area contributed by atoms with Crippen molar-refractivity contribution >= 4 is 17.5 Å². The number of ether oxygens (including phenoxy) is 1. The number of allylic oxidation sites excluding steroid dienone is 4. The van der Waals surface area contributed by atoms with Crippen LogP contribution in [-0.2, 0) is 9.59 Å². The fourth-order valence-electron chi connectivity index (χ4n) is 5.33. The average Bonchev–Trinajstić information content (AvgIpc) is 3.38. The van der Waals surface area contributed by atoms with Crippen LogP contribution in [0.1, 0.15) is 25.7 Å². The van der Waals surface area contributed by atoms with Crippen molar-refractivity contribution in [1.82, 2.24) is 0 Å². The standard InChI is InChI=1S/C21H21NO3/c1-25-14-8-4-7-13(11-14)22-20(23)18-15-9-10-16(19(18)21(22)24)17(15)12-5-2-3-6-12/h4,7-11,15-16,18-19H,2-3,5-6H2,1H3. The Labute approximate surface area is 147 Å². The number of fused-ring (bicyclic) bond motifs is 5. The van der Waals surface area contributed by atoms with Crippen molar-refractivity contribution in [2.75, 3.05) is 12.0 Å². The summed E-state index contributed by atoms with van der Waals surface area (Å²) in [4.78, 5) is 27.7. The van der Waals surface area contributed by atoms with Gasteiger partial charge in [0, 0.05) is 17.9 Å². The second-order valence-electron chi connectivity index (χ2n) is 7.47. The van der Waals surface area contributed by atoms with Crippen LogP contribution >= 0.6 is 0 Å². The number of hydrogen-bond acceptors (Lipinski definition) is 3. The summed E-state index contributed by atoms with van der Waals surface area (Å²) in [5.41, 5.74) is 3.54. The van der Waals surface area contributed by atoms with E-state index in [0.29, 0.717) is 11.4 Å². The van der Waals surface area contributed by atoms with Gasteiger partial charge in [0.15, 0.2) is 0 Å². The third-order valence-corrected chi connectivity index (χ3v) is 6.34. The van der Waals surface area contributed by atoms with Crippen LogP contribution in [0.5, 0.6) is 5.75 Å². The van der Waals surface area contributed by atoms with Gasteiger partial charge in [0.25, 0.3) is 0 Å². The van der Waals surface area contributed by atoms with Gasteiger partial charge in [0.2, 0.25) is 11.8 Å². The highest BCUT2D eigenvalue weighted by molar-refractivity contribution is 6.23. The Hall–Kier alpha value is -2.36. The number of methoxy groups -OCH3 is 1. The van der Waals surface area contributed by atoms with Gasteiger partial charge < -0.3 is 4.74 Å². The summed E-state index contributed by atoms with van der Waals surface area (Å²) >= 11 is 0. The maximum atomic E-state index is 13.2. The number of rotatable bonds is 2. The fourth-order valence-corrected chi connectivity index (χ4v) is 5.33. The summed E-state index contributed by atoms with van der Waals surface area (Å²) in [6.45, 7) is 0. The third kappa shape index (κ3) is 1.94. The molecular weight excluding hydrogens is 314 g/mol. The SMILES string of the molecule is COc1cccc(N2C(=O)C3C4C=CC(C4=C4CCCC4)C3C2=O)c1. The molecule has 1 aliphatic heterocycles. The highest BCUT2D eigenvalue weighted by Gasteiger charge is 2.62. The van der Waals surface area contributed by atoms with Crippen LogP contribution in [0.15, 0.2) is 47.6 Å². The van der Waals surface area contributed by atoms with Crippen molar-refractivity contribution in [1.29, 1.82) is 0 Å². The number of nitrogens with zero attached hydrogens (tertiary/aromatic N) is 1. The van der Waals surface area contributed by atoms with E-state index in [4.69, 9.17) is 4.74 Å². The topological polar surface area (TPSA) is 46.6 Å². The predicted octanol–water partition coefficient (Wildman–Crippen LogP) is 3.49. The van der Waals surface area contributed by atoms with Crippen molar-refractivity contribution in [2.24, 2.45) is 23.7 Å². The predicted molar refractivity (Wildman–Crippen MR) is 94.1 cm³/mol. The Morgan fingerprint density at radius 1 is 1.00 bits per heavy atom. The van der Waals surface area contributed by atoms with E-state index in [1.807, 2.05) is 18.2 Å². The largest absolute Gasteiger partial charge is 0.497 e. The molecule has 2 saturated carbocycles. The molecule has 3 fully saturated rings. The van der Waals surface area contributed by atoms with Crippen LogP contribution in [-0.4, -0.2) is 18.9 Å². The first kappa shape index (κ1) is 14.9. The second kappa shape index (κ2) is 5.32. The van der Waals surface area contributed by atoms with Gasteiger partial charge in [-0.2, -0.15) is 0 Å². The van der Waals surface area contributed by atoms with E-state index < -0.39 is 0 Å². The minimum atomic E-state index is -0.211. The molecule has 2 amide bonds. The third-order valence-electron chi connectivity index (χ3n) is 6.34. The Morgan fingerprint density at radius 2 is 1.64 bits per heavy atom. The van der Waals surface area contributed by atoms with Crippen LogP contribution in [0.3, 0.4) is 0 Å². The van der Waals surface area contributed by atoms with Gasteiger partial charge in [-0.05, 0) is 37.8 Å². The Balaban J connectivity index is 1.54. The lowest BCUT2D eigenvalue weighted by Gasteiger charge is -2.20. The highest BCUT2D eigenvalue weighted by atomic mass is 16.5. The van der Waals surface area contributed by atoms with Crippen molar-refractivity contribution in [3.8, 4) is 5.75 Å². The maximum absolute atomic E-state index is 13.2. The van der Waals surface area contributed by atoms with Crippen LogP contribution in [0.4, 0.5) is 5.69 Å². The molecule has 0 N–H and O–H groups in total. The van der Waals surface area contributed by atoms with Gasteiger partial charge in [-0.15, -0.1) is 0 Å². The molecule has 3 aliphatic carbocycles. The molecule has 0 radical (unpaired) electrons. The first-order chi connectivity index (χ1) is 12.2. The summed E-state index contributed by atoms with van der Waals surface area (Å²) in [6.07, 6.45) is 9.12. The molecule has 0 spiro atoms. The number of anilines is 1. The van der Waals surface area contributed by atoms with Crippen molar-refractivity contribution < 1.29 is 14.3 Å². The molecule has 4 atom stereocenters. The number of carbonyl (C=O) groups excluding carboxylic acids is 2. The molecule has 4 aliphatic rings. The molecule has 4 heteroatoms. The van der Waals surface area contributed by atoms with Crippen molar-refractivity contribution in [3.05, 3.63) is 47.6 Å². The zero-order chi connectivity index (χ0) is 17.1. The first-order valence-corrected chi connectivity index (χ1v) is 9.12. The van der Waals surface area contributed by atoms with E-state index in [2.05, 4.69) is 12.2 Å². The number of imide groups is 1. The van der Waals surface area contributed by atoms with Gasteiger partial charge in [-0.1, -0.05) is 29.4 Å². The highest BCUT2D eigenvalue weighted by Crippen LogP contribution is 2.58. The average molecular weight is 335 g/mol. The van der Waals surface area contributed by atoms with Gasteiger partial charge in [-0.3, -0.25) is 9.59 Å². The minimum Gasteiger partial charge on any atom is -0.497 e. The molecule has 2 bridgehead atoms. The maximum Gasteiger partial charge on any atom is 0.238 e. The van der Waals surface area contributed by atoms with E-state index in [-0.39, 0.29) is 35.5 Å². The van der Waals surface area contributed by atoms with Gasteiger partial charge in [0.05, 0.1) is 24.6 Å². The Morgan fingerprint density at radius 3 is 2.24 bits per heavy atom. The molecule has 1 aromatic rings. The number of benzene rings is 1. The molecular formula is C21H21NO3. The van der Waals surface area contributed by atoms with Crippen molar-refractivity contribution in [3.63, 3.8) is 0 Å². The molecule has 1 heterocycles. The van der Waals surface area contributed by atoms with Crippen LogP contribution < -0.4 is 9.64 Å². The van der Waals surface area contributed by atoms with E-state index in [9.17, 15) is 9.59 Å². The smallest absolute Gasteiger partial charge is 0.238 e. The number of carbonyl (C=O) groups is 2. The number of hydrogen-bond donors (Lipinski definition) is 0. The lowest BCUT2D eigenvalue weighted by atomic mass is 9.85. The lowest BCUT2D eigenvalue weighted by Crippen LogP contribution is -2.33. The van der Waals surface area contributed by atoms with Crippen LogP contribution in [0.25, 0.3) is 0 Å². The molecule has 0 aromatic heterocycles. The van der Waals surface area contributed by atoms with Gasteiger partial charge in [0.1, 0.15) is 5.75 Å². The van der Waals surface area contributed by atoms with Crippen molar-refractivity contribution in [2.45, 2.75) is 25.7 Å². The summed E-state index contributed by atoms with van der Waals surface area (Å²) in [5, 5.41) is 0. The summed E-state index contributed by atoms with van der Waals surface area (Å²) in [5.74, 6) is 0.413. The van der Waals surface area contributed by atoms with E-state index in [1.54, 1.807) is 13.2 Å². The summed E-state index contributed by atoms with van der Waals surface area (Å²) in [7, 11) is 1.59.